The molecule has 1 aromatic carbocycles. The van der Waals surface area contributed by atoms with Crippen LogP contribution in [0.1, 0.15) is 33.6 Å². The number of rotatable bonds is 7. The average molecular weight is 396 g/mol. The van der Waals surface area contributed by atoms with Crippen molar-refractivity contribution in [3.63, 3.8) is 0 Å². The minimum absolute atomic E-state index is 0.122. The van der Waals surface area contributed by atoms with Crippen LogP contribution in [0, 0.1) is 5.92 Å². The van der Waals surface area contributed by atoms with Gasteiger partial charge in [0, 0.05) is 49.6 Å². The van der Waals surface area contributed by atoms with Crippen LogP contribution in [0.4, 0.5) is 4.79 Å². The molecular weight excluding hydrogens is 366 g/mol. The highest BCUT2D eigenvalue weighted by atomic mass is 35.5. The molecule has 3 amide bonds. The number of urea groups is 1. The van der Waals surface area contributed by atoms with Gasteiger partial charge in [-0.1, -0.05) is 11.6 Å². The molecule has 0 aliphatic carbocycles. The number of hydrogen-bond donors (Lipinski definition) is 1. The molecule has 7 heteroatoms. The van der Waals surface area contributed by atoms with Gasteiger partial charge in [-0.3, -0.25) is 4.79 Å². The average Bonchev–Trinajstić information content (AvgIpc) is 2.99. The largest absolute Gasteiger partial charge is 0.494 e. The van der Waals surface area contributed by atoms with Gasteiger partial charge in [0.05, 0.1) is 6.61 Å². The summed E-state index contributed by atoms with van der Waals surface area (Å²) in [5, 5.41) is 3.61. The molecule has 150 valence electrons. The second-order valence-corrected chi connectivity index (χ2v) is 8.45. The highest BCUT2D eigenvalue weighted by molar-refractivity contribution is 6.30. The summed E-state index contributed by atoms with van der Waals surface area (Å²) in [4.78, 5) is 27.9. The summed E-state index contributed by atoms with van der Waals surface area (Å²) < 4.78 is 5.63. The third-order valence-electron chi connectivity index (χ3n) is 4.62. The predicted molar refractivity (Wildman–Crippen MR) is 107 cm³/mol. The molecular formula is C20H30ClN3O3. The van der Waals surface area contributed by atoms with Gasteiger partial charge in [0.15, 0.2) is 0 Å². The van der Waals surface area contributed by atoms with Crippen molar-refractivity contribution in [2.45, 2.75) is 39.2 Å². The molecule has 0 unspecified atom stereocenters. The maximum Gasteiger partial charge on any atom is 0.317 e. The maximum absolute atomic E-state index is 12.2. The van der Waals surface area contributed by atoms with E-state index in [4.69, 9.17) is 16.3 Å². The lowest BCUT2D eigenvalue weighted by molar-refractivity contribution is -0.131. The molecule has 1 aliphatic rings. The first-order chi connectivity index (χ1) is 12.7. The van der Waals surface area contributed by atoms with E-state index in [9.17, 15) is 9.59 Å². The fourth-order valence-corrected chi connectivity index (χ4v) is 3.18. The van der Waals surface area contributed by atoms with Gasteiger partial charge < -0.3 is 19.9 Å². The Bertz CT molecular complexity index is 643. The van der Waals surface area contributed by atoms with Gasteiger partial charge in [-0.2, -0.15) is 0 Å². The number of ether oxygens (including phenoxy) is 1. The number of nitrogens with one attached hydrogen (secondary N) is 1. The standard InChI is InChI=1S/C20H30ClN3O3/c1-20(2,3)24-14-15(12-18(24)25)13-22-19(26)23(4)10-5-11-27-17-8-6-16(21)7-9-17/h6-9,15H,5,10-14H2,1-4H3,(H,22,26)/t15-/m1/s1. The maximum atomic E-state index is 12.2. The number of carbonyl (C=O) groups is 2. The van der Waals surface area contributed by atoms with Crippen LogP contribution < -0.4 is 10.1 Å². The molecule has 1 heterocycles. The van der Waals surface area contributed by atoms with Crippen molar-refractivity contribution in [1.82, 2.24) is 15.1 Å². The third kappa shape index (κ3) is 6.61. The fraction of sp³-hybridized carbons (Fsp3) is 0.600. The number of carbonyl (C=O) groups excluding carboxylic acids is 2. The number of benzene rings is 1. The van der Waals surface area contributed by atoms with Gasteiger partial charge in [-0.15, -0.1) is 0 Å². The van der Waals surface area contributed by atoms with Crippen LogP contribution in [0.2, 0.25) is 5.02 Å². The normalized spacial score (nSPS) is 17.1. The Balaban J connectivity index is 1.64. The van der Waals surface area contributed by atoms with E-state index in [2.05, 4.69) is 5.32 Å². The van der Waals surface area contributed by atoms with E-state index in [0.717, 1.165) is 12.2 Å². The Morgan fingerprint density at radius 1 is 1.33 bits per heavy atom. The molecule has 0 saturated carbocycles. The molecule has 0 aromatic heterocycles. The van der Waals surface area contributed by atoms with Crippen molar-refractivity contribution in [3.8, 4) is 5.75 Å². The Morgan fingerprint density at radius 3 is 2.59 bits per heavy atom. The number of likely N-dealkylation sites (tertiary alicyclic amines) is 1. The molecule has 2 rings (SSSR count). The summed E-state index contributed by atoms with van der Waals surface area (Å²) in [6, 6.07) is 7.09. The molecule has 1 saturated heterocycles. The molecule has 1 N–H and O–H groups in total. The predicted octanol–water partition coefficient (Wildman–Crippen LogP) is 3.40. The van der Waals surface area contributed by atoms with Gasteiger partial charge in [0.25, 0.3) is 0 Å². The monoisotopic (exact) mass is 395 g/mol. The van der Waals surface area contributed by atoms with Crippen molar-refractivity contribution >= 4 is 23.5 Å². The van der Waals surface area contributed by atoms with Crippen LogP contribution in [0.15, 0.2) is 24.3 Å². The van der Waals surface area contributed by atoms with Crippen LogP contribution in [0.25, 0.3) is 0 Å². The van der Waals surface area contributed by atoms with Crippen LogP contribution in [0.5, 0.6) is 5.75 Å². The molecule has 0 bridgehead atoms. The lowest BCUT2D eigenvalue weighted by atomic mass is 10.1. The molecule has 6 nitrogen and oxygen atoms in total. The van der Waals surface area contributed by atoms with Crippen molar-refractivity contribution < 1.29 is 14.3 Å². The number of amides is 3. The SMILES string of the molecule is CN(CCCOc1ccc(Cl)cc1)C(=O)NC[C@H]1CC(=O)N(C(C)(C)C)C1. The van der Waals surface area contributed by atoms with Crippen LogP contribution >= 0.6 is 11.6 Å². The Hall–Kier alpha value is -1.95. The Kier molecular flexibility index (Phi) is 7.36. The fourth-order valence-electron chi connectivity index (χ4n) is 3.06. The quantitative estimate of drug-likeness (QED) is 0.720. The molecule has 0 radical (unpaired) electrons. The number of hydrogen-bond acceptors (Lipinski definition) is 3. The third-order valence-corrected chi connectivity index (χ3v) is 4.88. The molecule has 1 atom stereocenters. The van der Waals surface area contributed by atoms with Crippen molar-refractivity contribution in [2.24, 2.45) is 5.92 Å². The Morgan fingerprint density at radius 2 is 2.00 bits per heavy atom. The van der Waals surface area contributed by atoms with Crippen molar-refractivity contribution in [3.05, 3.63) is 29.3 Å². The van der Waals surface area contributed by atoms with E-state index < -0.39 is 0 Å². The molecule has 0 spiro atoms. The topological polar surface area (TPSA) is 61.9 Å². The summed E-state index contributed by atoms with van der Waals surface area (Å²) in [7, 11) is 1.76. The first-order valence-corrected chi connectivity index (χ1v) is 9.72. The first kappa shape index (κ1) is 21.4. The molecule has 1 aromatic rings. The summed E-state index contributed by atoms with van der Waals surface area (Å²) in [6.45, 7) is 8.43. The van der Waals surface area contributed by atoms with E-state index in [1.54, 1.807) is 24.1 Å². The van der Waals surface area contributed by atoms with E-state index in [1.165, 1.54) is 0 Å². The zero-order valence-electron chi connectivity index (χ0n) is 16.6. The smallest absolute Gasteiger partial charge is 0.317 e. The van der Waals surface area contributed by atoms with Gasteiger partial charge in [0.1, 0.15) is 5.75 Å². The van der Waals surface area contributed by atoms with Crippen LogP contribution in [0.3, 0.4) is 0 Å². The summed E-state index contributed by atoms with van der Waals surface area (Å²) in [5.74, 6) is 1.09. The van der Waals surface area contributed by atoms with Crippen LogP contribution in [-0.2, 0) is 4.79 Å². The summed E-state index contributed by atoms with van der Waals surface area (Å²) >= 11 is 5.84. The number of halogens is 1. The van der Waals surface area contributed by atoms with Gasteiger partial charge in [-0.05, 0) is 51.5 Å². The molecule has 1 fully saturated rings. The van der Waals surface area contributed by atoms with Gasteiger partial charge in [-0.25, -0.2) is 4.79 Å². The zero-order valence-corrected chi connectivity index (χ0v) is 17.4. The van der Waals surface area contributed by atoms with Gasteiger partial charge >= 0.3 is 6.03 Å². The Labute approximate surface area is 166 Å². The van der Waals surface area contributed by atoms with E-state index in [-0.39, 0.29) is 23.4 Å². The lowest BCUT2D eigenvalue weighted by Crippen LogP contribution is -2.43. The summed E-state index contributed by atoms with van der Waals surface area (Å²) in [5.41, 5.74) is -0.170. The highest BCUT2D eigenvalue weighted by Gasteiger charge is 2.36. The lowest BCUT2D eigenvalue weighted by Gasteiger charge is -2.32. The van der Waals surface area contributed by atoms with Crippen LogP contribution in [-0.4, -0.2) is 60.6 Å². The minimum atomic E-state index is -0.170. The second-order valence-electron chi connectivity index (χ2n) is 8.01. The molecule has 27 heavy (non-hydrogen) atoms. The highest BCUT2D eigenvalue weighted by Crippen LogP contribution is 2.25. The zero-order chi connectivity index (χ0) is 20.0. The minimum Gasteiger partial charge on any atom is -0.494 e. The van der Waals surface area contributed by atoms with Crippen molar-refractivity contribution in [1.29, 1.82) is 0 Å². The summed E-state index contributed by atoms with van der Waals surface area (Å²) in [6.07, 6.45) is 1.22. The first-order valence-electron chi connectivity index (χ1n) is 9.34. The van der Waals surface area contributed by atoms with E-state index in [1.807, 2.05) is 37.8 Å². The second kappa shape index (κ2) is 9.31. The molecule has 1 aliphatic heterocycles. The number of nitrogens with zero attached hydrogens (tertiary/aromatic N) is 2. The van der Waals surface area contributed by atoms with Gasteiger partial charge in [0.2, 0.25) is 5.91 Å². The van der Waals surface area contributed by atoms with Crippen molar-refractivity contribution in [2.75, 3.05) is 33.3 Å². The van der Waals surface area contributed by atoms with E-state index >= 15 is 0 Å². The van der Waals surface area contributed by atoms with E-state index in [0.29, 0.717) is 37.7 Å².